The monoisotopic (exact) mass is 318 g/mol. The number of nitrogens with zero attached hydrogens (tertiary/aromatic N) is 1. The Labute approximate surface area is 124 Å². The molecule has 0 spiro atoms. The summed E-state index contributed by atoms with van der Waals surface area (Å²) in [5, 5.41) is 0.596. The number of nitrogens with two attached hydrogens (primary N) is 1. The number of hydrogen-bond acceptors (Lipinski definition) is 6. The second kappa shape index (κ2) is 6.58. The number of nitrogen functional groups attached to an aromatic ring is 1. The van der Waals surface area contributed by atoms with Crippen molar-refractivity contribution in [2.75, 3.05) is 30.0 Å². The molecule has 0 amide bonds. The van der Waals surface area contributed by atoms with Gasteiger partial charge in [0.1, 0.15) is 9.90 Å². The van der Waals surface area contributed by atoms with E-state index in [0.29, 0.717) is 9.88 Å². The highest BCUT2D eigenvalue weighted by Gasteiger charge is 2.28. The molecule has 0 saturated carbocycles. The number of sulfone groups is 1. The van der Waals surface area contributed by atoms with E-state index in [2.05, 4.69) is 0 Å². The lowest BCUT2D eigenvalue weighted by atomic mass is 10.3. The third-order valence-corrected chi connectivity index (χ3v) is 5.50. The summed E-state index contributed by atoms with van der Waals surface area (Å²) < 4.78 is 24.0. The molecule has 1 heterocycles. The van der Waals surface area contributed by atoms with Gasteiger partial charge in [0.25, 0.3) is 0 Å². The summed E-state index contributed by atoms with van der Waals surface area (Å²) in [7, 11) is -3.47. The number of carbonyl (C=O) groups is 1. The summed E-state index contributed by atoms with van der Waals surface area (Å²) in [4.78, 5) is 14.1. The Bertz CT molecular complexity index is 585. The maximum absolute atomic E-state index is 12.0. The zero-order chi connectivity index (χ0) is 15.5. The van der Waals surface area contributed by atoms with Gasteiger partial charge >= 0.3 is 0 Å². The van der Waals surface area contributed by atoms with Gasteiger partial charge in [-0.25, -0.2) is 8.42 Å². The van der Waals surface area contributed by atoms with E-state index in [-0.39, 0.29) is 16.4 Å². The van der Waals surface area contributed by atoms with E-state index in [0.717, 1.165) is 32.2 Å². The molecule has 2 N–H and O–H groups in total. The summed E-state index contributed by atoms with van der Waals surface area (Å²) in [5.74, 6) is -0.198. The molecular formula is C13H22N2O3S2. The van der Waals surface area contributed by atoms with Crippen LogP contribution in [0, 0.1) is 0 Å². The van der Waals surface area contributed by atoms with Crippen LogP contribution in [0.3, 0.4) is 0 Å². The van der Waals surface area contributed by atoms with Gasteiger partial charge < -0.3 is 10.6 Å². The molecule has 1 rings (SSSR count). The Morgan fingerprint density at radius 3 is 2.10 bits per heavy atom. The van der Waals surface area contributed by atoms with Crippen LogP contribution in [0.5, 0.6) is 0 Å². The first-order chi connectivity index (χ1) is 9.23. The van der Waals surface area contributed by atoms with Gasteiger partial charge in [-0.2, -0.15) is 0 Å². The van der Waals surface area contributed by atoms with Crippen molar-refractivity contribution in [1.29, 1.82) is 0 Å². The molecule has 0 aliphatic carbocycles. The van der Waals surface area contributed by atoms with Crippen LogP contribution in [-0.2, 0) is 9.84 Å². The number of rotatable bonds is 7. The van der Waals surface area contributed by atoms with Crippen molar-refractivity contribution in [3.05, 3.63) is 4.88 Å². The normalized spacial score (nSPS) is 11.6. The van der Waals surface area contributed by atoms with Gasteiger partial charge in [-0.15, -0.1) is 11.3 Å². The summed E-state index contributed by atoms with van der Waals surface area (Å²) in [6.07, 6.45) is 2.93. The van der Waals surface area contributed by atoms with Gasteiger partial charge in [-0.1, -0.05) is 13.8 Å². The number of anilines is 2. The molecule has 20 heavy (non-hydrogen) atoms. The minimum Gasteiger partial charge on any atom is -0.396 e. The molecule has 114 valence electrons. The molecule has 0 bridgehead atoms. The molecule has 0 atom stereocenters. The van der Waals surface area contributed by atoms with E-state index in [1.807, 2.05) is 18.7 Å². The molecule has 1 aromatic heterocycles. The third-order valence-electron chi connectivity index (χ3n) is 2.85. The first-order valence-electron chi connectivity index (χ1n) is 6.62. The lowest BCUT2D eigenvalue weighted by molar-refractivity contribution is 0.102. The quantitative estimate of drug-likeness (QED) is 0.781. The zero-order valence-corrected chi connectivity index (χ0v) is 14.0. The highest BCUT2D eigenvalue weighted by molar-refractivity contribution is 7.91. The molecule has 0 radical (unpaired) electrons. The van der Waals surface area contributed by atoms with E-state index < -0.39 is 9.84 Å². The Morgan fingerprint density at radius 2 is 1.75 bits per heavy atom. The van der Waals surface area contributed by atoms with E-state index in [4.69, 9.17) is 5.73 Å². The van der Waals surface area contributed by atoms with E-state index in [1.54, 1.807) is 0 Å². The van der Waals surface area contributed by atoms with Crippen LogP contribution in [0.15, 0.2) is 4.90 Å². The lowest BCUT2D eigenvalue weighted by Crippen LogP contribution is -2.25. The first kappa shape index (κ1) is 17.0. The van der Waals surface area contributed by atoms with Crippen molar-refractivity contribution in [3.8, 4) is 0 Å². The first-order valence-corrected chi connectivity index (χ1v) is 9.32. The molecule has 0 aliphatic heterocycles. The smallest absolute Gasteiger partial charge is 0.180 e. The SMILES string of the molecule is CCCN(CCC)c1sc(C(C)=O)c(N)c1S(C)(=O)=O. The van der Waals surface area contributed by atoms with Crippen LogP contribution in [0.4, 0.5) is 10.7 Å². The fourth-order valence-corrected chi connectivity index (χ4v) is 4.75. The molecule has 0 aromatic carbocycles. The number of thiophene rings is 1. The van der Waals surface area contributed by atoms with Gasteiger partial charge in [-0.05, 0) is 12.8 Å². The molecule has 7 heteroatoms. The van der Waals surface area contributed by atoms with Crippen molar-refractivity contribution in [2.24, 2.45) is 0 Å². The van der Waals surface area contributed by atoms with Crippen LogP contribution < -0.4 is 10.6 Å². The van der Waals surface area contributed by atoms with E-state index in [9.17, 15) is 13.2 Å². The van der Waals surface area contributed by atoms with Crippen LogP contribution in [-0.4, -0.2) is 33.5 Å². The van der Waals surface area contributed by atoms with Gasteiger partial charge in [-0.3, -0.25) is 4.79 Å². The topological polar surface area (TPSA) is 80.5 Å². The Kier molecular flexibility index (Phi) is 5.59. The van der Waals surface area contributed by atoms with Crippen LogP contribution in [0.25, 0.3) is 0 Å². The molecule has 0 unspecified atom stereocenters. The summed E-state index contributed by atoms with van der Waals surface area (Å²) in [6.45, 7) is 6.96. The summed E-state index contributed by atoms with van der Waals surface area (Å²) in [5.41, 5.74) is 6.00. The van der Waals surface area contributed by atoms with Crippen LogP contribution in [0.1, 0.15) is 43.3 Å². The minimum atomic E-state index is -3.47. The Balaban J connectivity index is 3.51. The largest absolute Gasteiger partial charge is 0.396 e. The van der Waals surface area contributed by atoms with Gasteiger partial charge in [0, 0.05) is 26.3 Å². The average molecular weight is 318 g/mol. The second-order valence-corrected chi connectivity index (χ2v) is 7.75. The predicted molar refractivity (Wildman–Crippen MR) is 84.6 cm³/mol. The average Bonchev–Trinajstić information content (AvgIpc) is 2.66. The predicted octanol–water partition coefficient (Wildman–Crippen LogP) is 2.56. The molecule has 0 fully saturated rings. The molecule has 5 nitrogen and oxygen atoms in total. The molecule has 0 aliphatic rings. The van der Waals surface area contributed by atoms with Crippen molar-refractivity contribution in [3.63, 3.8) is 0 Å². The molecule has 0 saturated heterocycles. The summed E-state index contributed by atoms with van der Waals surface area (Å²) >= 11 is 1.18. The van der Waals surface area contributed by atoms with E-state index in [1.165, 1.54) is 18.3 Å². The van der Waals surface area contributed by atoms with Gasteiger partial charge in [0.15, 0.2) is 15.6 Å². The van der Waals surface area contributed by atoms with Gasteiger partial charge in [0.05, 0.1) is 10.6 Å². The highest BCUT2D eigenvalue weighted by Crippen LogP contribution is 2.41. The van der Waals surface area contributed by atoms with Crippen molar-refractivity contribution >= 4 is 37.6 Å². The van der Waals surface area contributed by atoms with Crippen LogP contribution >= 0.6 is 11.3 Å². The van der Waals surface area contributed by atoms with Crippen LogP contribution in [0.2, 0.25) is 0 Å². The highest BCUT2D eigenvalue weighted by atomic mass is 32.2. The van der Waals surface area contributed by atoms with E-state index >= 15 is 0 Å². The number of ketones is 1. The van der Waals surface area contributed by atoms with Crippen molar-refractivity contribution in [2.45, 2.75) is 38.5 Å². The fourth-order valence-electron chi connectivity index (χ4n) is 2.10. The van der Waals surface area contributed by atoms with Crippen molar-refractivity contribution < 1.29 is 13.2 Å². The fraction of sp³-hybridized carbons (Fsp3) is 0.615. The minimum absolute atomic E-state index is 0.0946. The third kappa shape index (κ3) is 3.52. The Morgan fingerprint density at radius 1 is 1.25 bits per heavy atom. The zero-order valence-electron chi connectivity index (χ0n) is 12.4. The standard InChI is InChI=1S/C13H22N2O3S2/c1-5-7-15(8-6-2)13-12(20(4,17)18)10(14)11(19-13)9(3)16/h5-8,14H2,1-4H3. The maximum Gasteiger partial charge on any atom is 0.180 e. The summed E-state index contributed by atoms with van der Waals surface area (Å²) in [6, 6.07) is 0. The van der Waals surface area contributed by atoms with Gasteiger partial charge in [0.2, 0.25) is 0 Å². The maximum atomic E-state index is 12.0. The number of hydrogen-bond donors (Lipinski definition) is 1. The molecule has 1 aromatic rings. The lowest BCUT2D eigenvalue weighted by Gasteiger charge is -2.23. The number of Topliss-reactive ketones (excluding diaryl/α,β-unsaturated/α-hetero) is 1. The van der Waals surface area contributed by atoms with Crippen molar-refractivity contribution in [1.82, 2.24) is 0 Å². The molecular weight excluding hydrogens is 296 g/mol. The second-order valence-electron chi connectivity index (χ2n) is 4.79. The number of carbonyl (C=O) groups excluding carboxylic acids is 1. The Hall–Kier alpha value is -1.08.